The first-order valence-corrected chi connectivity index (χ1v) is 6.54. The van der Waals surface area contributed by atoms with E-state index in [0.717, 1.165) is 0 Å². The summed E-state index contributed by atoms with van der Waals surface area (Å²) in [4.78, 5) is 0. The third kappa shape index (κ3) is 4.46. The number of nitrogens with two attached hydrogens (primary N) is 1. The first kappa shape index (κ1) is 14.8. The summed E-state index contributed by atoms with van der Waals surface area (Å²) in [6.07, 6.45) is 0.668. The van der Waals surface area contributed by atoms with Crippen LogP contribution in [0, 0.1) is 0 Å². The molecule has 1 atom stereocenters. The summed E-state index contributed by atoms with van der Waals surface area (Å²) in [6.45, 7) is 6.01. The van der Waals surface area contributed by atoms with Gasteiger partial charge in [-0.15, -0.1) is 0 Å². The summed E-state index contributed by atoms with van der Waals surface area (Å²) in [5.74, 6) is 0. The van der Waals surface area contributed by atoms with Crippen LogP contribution in [0.25, 0.3) is 0 Å². The van der Waals surface area contributed by atoms with E-state index in [9.17, 15) is 8.42 Å². The number of rotatable bonds is 6. The maximum atomic E-state index is 11.9. The Morgan fingerprint density at radius 3 is 2.00 bits per heavy atom. The minimum absolute atomic E-state index is 0.0204. The molecule has 0 radical (unpaired) electrons. The second kappa shape index (κ2) is 5.79. The SMILES string of the molecule is CC(N)CCN(C)S(=O)(=O)N(C)C(C)C. The molecule has 92 valence electrons. The molecule has 0 aliphatic heterocycles. The van der Waals surface area contributed by atoms with Gasteiger partial charge in [0.2, 0.25) is 0 Å². The zero-order chi connectivity index (χ0) is 12.2. The van der Waals surface area contributed by atoms with Crippen LogP contribution in [0.5, 0.6) is 0 Å². The average molecular weight is 237 g/mol. The number of hydrogen-bond acceptors (Lipinski definition) is 3. The molecule has 5 nitrogen and oxygen atoms in total. The van der Waals surface area contributed by atoms with Crippen molar-refractivity contribution in [1.29, 1.82) is 0 Å². The molecule has 0 aromatic carbocycles. The second-order valence-corrected chi connectivity index (χ2v) is 6.30. The smallest absolute Gasteiger partial charge is 0.281 e. The van der Waals surface area contributed by atoms with Crippen LogP contribution < -0.4 is 5.73 Å². The van der Waals surface area contributed by atoms with Crippen molar-refractivity contribution in [3.05, 3.63) is 0 Å². The van der Waals surface area contributed by atoms with Crippen molar-refractivity contribution in [2.24, 2.45) is 5.73 Å². The van der Waals surface area contributed by atoms with E-state index in [1.54, 1.807) is 14.1 Å². The summed E-state index contributed by atoms with van der Waals surface area (Å²) in [5.41, 5.74) is 5.58. The van der Waals surface area contributed by atoms with Gasteiger partial charge in [-0.25, -0.2) is 0 Å². The van der Waals surface area contributed by atoms with E-state index in [-0.39, 0.29) is 12.1 Å². The first-order chi connectivity index (χ1) is 6.69. The Morgan fingerprint density at radius 1 is 1.20 bits per heavy atom. The lowest BCUT2D eigenvalue weighted by Crippen LogP contribution is -2.44. The first-order valence-electron chi connectivity index (χ1n) is 5.14. The number of nitrogens with zero attached hydrogens (tertiary/aromatic N) is 2. The summed E-state index contributed by atoms with van der Waals surface area (Å²) < 4.78 is 26.5. The maximum absolute atomic E-state index is 11.9. The van der Waals surface area contributed by atoms with E-state index in [0.29, 0.717) is 13.0 Å². The highest BCUT2D eigenvalue weighted by Gasteiger charge is 2.25. The predicted octanol–water partition coefficient (Wildman–Crippen LogP) is 0.241. The molecule has 0 aromatic rings. The standard InChI is InChI=1S/C9H23N3O2S/c1-8(2)12(5)15(13,14)11(4)7-6-9(3)10/h8-9H,6-7,10H2,1-5H3. The quantitative estimate of drug-likeness (QED) is 0.719. The average Bonchev–Trinajstić information content (AvgIpc) is 2.12. The molecule has 6 heteroatoms. The fourth-order valence-corrected chi connectivity index (χ4v) is 2.30. The van der Waals surface area contributed by atoms with Gasteiger partial charge in [-0.2, -0.15) is 17.0 Å². The molecule has 0 fully saturated rings. The molecule has 0 aliphatic rings. The van der Waals surface area contributed by atoms with Crippen molar-refractivity contribution in [3.63, 3.8) is 0 Å². The third-order valence-electron chi connectivity index (χ3n) is 2.38. The minimum Gasteiger partial charge on any atom is -0.328 e. The lowest BCUT2D eigenvalue weighted by molar-refractivity contribution is 0.352. The van der Waals surface area contributed by atoms with E-state index >= 15 is 0 Å². The molecule has 2 N–H and O–H groups in total. The lowest BCUT2D eigenvalue weighted by atomic mass is 10.2. The molecule has 0 heterocycles. The van der Waals surface area contributed by atoms with Crippen LogP contribution in [0.3, 0.4) is 0 Å². The molecule has 0 aliphatic carbocycles. The highest BCUT2D eigenvalue weighted by molar-refractivity contribution is 7.86. The fourth-order valence-electron chi connectivity index (χ4n) is 0.987. The van der Waals surface area contributed by atoms with E-state index in [2.05, 4.69) is 0 Å². The normalized spacial score (nSPS) is 15.3. The highest BCUT2D eigenvalue weighted by Crippen LogP contribution is 2.08. The van der Waals surface area contributed by atoms with Crippen LogP contribution in [-0.2, 0) is 10.2 Å². The molecule has 0 saturated heterocycles. The van der Waals surface area contributed by atoms with Crippen LogP contribution in [-0.4, -0.2) is 49.8 Å². The summed E-state index contributed by atoms with van der Waals surface area (Å²) in [7, 11) is -0.157. The maximum Gasteiger partial charge on any atom is 0.281 e. The van der Waals surface area contributed by atoms with Gasteiger partial charge < -0.3 is 5.73 Å². The Morgan fingerprint density at radius 2 is 1.67 bits per heavy atom. The second-order valence-electron chi connectivity index (χ2n) is 4.21. The van der Waals surface area contributed by atoms with Crippen LogP contribution in [0.4, 0.5) is 0 Å². The van der Waals surface area contributed by atoms with Crippen LogP contribution in [0.2, 0.25) is 0 Å². The van der Waals surface area contributed by atoms with Gasteiger partial charge in [0, 0.05) is 32.7 Å². The Kier molecular flexibility index (Phi) is 5.72. The van der Waals surface area contributed by atoms with Crippen molar-refractivity contribution < 1.29 is 8.42 Å². The topological polar surface area (TPSA) is 66.6 Å². The van der Waals surface area contributed by atoms with E-state index < -0.39 is 10.2 Å². The third-order valence-corrected chi connectivity index (χ3v) is 4.50. The van der Waals surface area contributed by atoms with Crippen molar-refractivity contribution in [1.82, 2.24) is 8.61 Å². The zero-order valence-corrected chi connectivity index (χ0v) is 11.1. The fraction of sp³-hybridized carbons (Fsp3) is 1.00. The lowest BCUT2D eigenvalue weighted by Gasteiger charge is -2.27. The largest absolute Gasteiger partial charge is 0.328 e. The predicted molar refractivity (Wildman–Crippen MR) is 62.7 cm³/mol. The Bertz CT molecular complexity index is 275. The molecule has 15 heavy (non-hydrogen) atoms. The Balaban J connectivity index is 4.46. The van der Waals surface area contributed by atoms with Crippen LogP contribution in [0.1, 0.15) is 27.2 Å². The molecular formula is C9H23N3O2S. The van der Waals surface area contributed by atoms with E-state index in [1.165, 1.54) is 8.61 Å². The number of hydrogen-bond donors (Lipinski definition) is 1. The molecule has 0 spiro atoms. The summed E-state index contributed by atoms with van der Waals surface area (Å²) in [5, 5.41) is 0. The van der Waals surface area contributed by atoms with E-state index in [1.807, 2.05) is 20.8 Å². The van der Waals surface area contributed by atoms with E-state index in [4.69, 9.17) is 5.73 Å². The molecule has 0 rings (SSSR count). The molecule has 1 unspecified atom stereocenters. The van der Waals surface area contributed by atoms with Gasteiger partial charge in [0.15, 0.2) is 0 Å². The van der Waals surface area contributed by atoms with Gasteiger partial charge in [0.25, 0.3) is 10.2 Å². The zero-order valence-electron chi connectivity index (χ0n) is 10.3. The van der Waals surface area contributed by atoms with Gasteiger partial charge in [0.1, 0.15) is 0 Å². The van der Waals surface area contributed by atoms with Crippen molar-refractivity contribution in [2.45, 2.75) is 39.3 Å². The van der Waals surface area contributed by atoms with Crippen molar-refractivity contribution >= 4 is 10.2 Å². The Hall–Kier alpha value is -0.170. The summed E-state index contributed by atoms with van der Waals surface area (Å²) in [6, 6.07) is -0.0141. The monoisotopic (exact) mass is 237 g/mol. The van der Waals surface area contributed by atoms with Crippen molar-refractivity contribution in [3.8, 4) is 0 Å². The van der Waals surface area contributed by atoms with Gasteiger partial charge in [0.05, 0.1) is 0 Å². The highest BCUT2D eigenvalue weighted by atomic mass is 32.2. The molecular weight excluding hydrogens is 214 g/mol. The Labute approximate surface area is 93.4 Å². The van der Waals surface area contributed by atoms with Gasteiger partial charge in [-0.1, -0.05) is 0 Å². The van der Waals surface area contributed by atoms with Gasteiger partial charge in [-0.05, 0) is 27.2 Å². The van der Waals surface area contributed by atoms with Crippen molar-refractivity contribution in [2.75, 3.05) is 20.6 Å². The molecule has 0 saturated carbocycles. The molecule has 0 aromatic heterocycles. The molecule has 0 bridgehead atoms. The van der Waals surface area contributed by atoms with Gasteiger partial charge in [-0.3, -0.25) is 0 Å². The summed E-state index contributed by atoms with van der Waals surface area (Å²) >= 11 is 0. The van der Waals surface area contributed by atoms with Gasteiger partial charge >= 0.3 is 0 Å². The van der Waals surface area contributed by atoms with Crippen LogP contribution in [0.15, 0.2) is 0 Å². The minimum atomic E-state index is -3.32. The molecule has 0 amide bonds. The van der Waals surface area contributed by atoms with Crippen LogP contribution >= 0.6 is 0 Å².